The van der Waals surface area contributed by atoms with Gasteiger partial charge in [0.1, 0.15) is 23.8 Å². The fourth-order valence-electron chi connectivity index (χ4n) is 3.70. The molecule has 1 amide bonds. The maximum Gasteiger partial charge on any atom is 0.243 e. The number of aromatic amines is 1. The molecule has 0 aliphatic carbocycles. The van der Waals surface area contributed by atoms with E-state index in [4.69, 9.17) is 10.0 Å². The van der Waals surface area contributed by atoms with Crippen molar-refractivity contribution in [1.29, 1.82) is 0 Å². The molecule has 166 valence electrons. The lowest BCUT2D eigenvalue weighted by molar-refractivity contribution is -0.129. The highest BCUT2D eigenvalue weighted by molar-refractivity contribution is 6.58. The SMILES string of the molecule is O=C(CCCCCCO/N=C1/C(c2c(O)[nH]c3ccc(F)cc23)=Nc2ccccc21)NO. The molecule has 0 saturated carbocycles. The Hall–Kier alpha value is -3.72. The molecule has 32 heavy (non-hydrogen) atoms. The van der Waals surface area contributed by atoms with Crippen molar-refractivity contribution in [3.05, 3.63) is 59.4 Å². The Kier molecular flexibility index (Phi) is 6.46. The number of carbonyl (C=O) groups is 1. The third kappa shape index (κ3) is 4.47. The summed E-state index contributed by atoms with van der Waals surface area (Å²) in [5.74, 6) is -0.920. The Morgan fingerprint density at radius 3 is 2.81 bits per heavy atom. The van der Waals surface area contributed by atoms with E-state index in [0.29, 0.717) is 46.6 Å². The molecule has 8 nitrogen and oxygen atoms in total. The molecule has 4 N–H and O–H groups in total. The number of aromatic nitrogens is 1. The molecular formula is C23H23FN4O4. The highest BCUT2D eigenvalue weighted by Crippen LogP contribution is 2.35. The number of halogens is 1. The van der Waals surface area contributed by atoms with Gasteiger partial charge in [-0.3, -0.25) is 10.0 Å². The minimum atomic E-state index is -0.417. The lowest BCUT2D eigenvalue weighted by Gasteiger charge is -2.06. The number of amides is 1. The smallest absolute Gasteiger partial charge is 0.243 e. The molecule has 0 spiro atoms. The number of rotatable bonds is 9. The number of benzene rings is 2. The van der Waals surface area contributed by atoms with Gasteiger partial charge in [0.2, 0.25) is 5.91 Å². The van der Waals surface area contributed by atoms with Crippen LogP contribution in [0.5, 0.6) is 5.88 Å². The standard InChI is InChI=1S/C23H23FN4O4/c24-14-10-11-18-16(13-14)20(23(30)26-18)22-21(15-7-4-5-8-17(15)25-22)28-32-12-6-2-1-3-9-19(29)27-31/h4-5,7-8,10-11,13,26,30-31H,1-3,6,9,12H2,(H,27,29)/b28-21+. The molecule has 3 aromatic rings. The third-order valence-corrected chi connectivity index (χ3v) is 5.26. The number of aliphatic imine (C=N–C) groups is 1. The maximum atomic E-state index is 13.9. The molecular weight excluding hydrogens is 415 g/mol. The van der Waals surface area contributed by atoms with Gasteiger partial charge in [0.25, 0.3) is 0 Å². The van der Waals surface area contributed by atoms with Gasteiger partial charge in [-0.1, -0.05) is 29.8 Å². The Morgan fingerprint density at radius 1 is 1.16 bits per heavy atom. The summed E-state index contributed by atoms with van der Waals surface area (Å²) < 4.78 is 13.9. The van der Waals surface area contributed by atoms with Crippen molar-refractivity contribution in [1.82, 2.24) is 10.5 Å². The largest absolute Gasteiger partial charge is 0.494 e. The molecule has 2 heterocycles. The summed E-state index contributed by atoms with van der Waals surface area (Å²) in [6, 6.07) is 11.7. The third-order valence-electron chi connectivity index (χ3n) is 5.26. The number of para-hydroxylation sites is 1. The van der Waals surface area contributed by atoms with Gasteiger partial charge < -0.3 is 14.9 Å². The molecule has 0 unspecified atom stereocenters. The predicted molar refractivity (Wildman–Crippen MR) is 118 cm³/mol. The summed E-state index contributed by atoms with van der Waals surface area (Å²) in [7, 11) is 0. The first-order valence-electron chi connectivity index (χ1n) is 10.4. The summed E-state index contributed by atoms with van der Waals surface area (Å²) in [6.07, 6.45) is 3.39. The predicted octanol–water partition coefficient (Wildman–Crippen LogP) is 4.32. The van der Waals surface area contributed by atoms with Crippen molar-refractivity contribution >= 4 is 33.9 Å². The van der Waals surface area contributed by atoms with Gasteiger partial charge in [-0.15, -0.1) is 0 Å². The minimum absolute atomic E-state index is 0.114. The number of hydrogen-bond acceptors (Lipinski definition) is 6. The Labute approximate surface area is 183 Å². The summed E-state index contributed by atoms with van der Waals surface area (Å²) in [5.41, 5.74) is 4.93. The van der Waals surface area contributed by atoms with E-state index in [9.17, 15) is 14.3 Å². The topological polar surface area (TPSA) is 119 Å². The molecule has 1 aromatic heterocycles. The molecule has 1 aliphatic rings. The van der Waals surface area contributed by atoms with E-state index in [1.807, 2.05) is 24.3 Å². The quantitative estimate of drug-likeness (QED) is 0.226. The van der Waals surface area contributed by atoms with Gasteiger partial charge >= 0.3 is 0 Å². The van der Waals surface area contributed by atoms with Crippen LogP contribution in [0.25, 0.3) is 10.9 Å². The lowest BCUT2D eigenvalue weighted by Crippen LogP contribution is -2.17. The highest BCUT2D eigenvalue weighted by Gasteiger charge is 2.29. The number of oxime groups is 1. The van der Waals surface area contributed by atoms with Crippen LogP contribution in [0.2, 0.25) is 0 Å². The van der Waals surface area contributed by atoms with Gasteiger partial charge in [-0.2, -0.15) is 0 Å². The van der Waals surface area contributed by atoms with E-state index in [1.165, 1.54) is 12.1 Å². The number of H-pyrrole nitrogens is 1. The zero-order valence-electron chi connectivity index (χ0n) is 17.3. The van der Waals surface area contributed by atoms with Crippen molar-refractivity contribution in [2.24, 2.45) is 10.1 Å². The molecule has 0 fully saturated rings. The average molecular weight is 438 g/mol. The number of carbonyl (C=O) groups excluding carboxylic acids is 1. The van der Waals surface area contributed by atoms with E-state index in [-0.39, 0.29) is 18.2 Å². The van der Waals surface area contributed by atoms with E-state index in [1.54, 1.807) is 11.5 Å². The maximum absolute atomic E-state index is 13.9. The monoisotopic (exact) mass is 438 g/mol. The van der Waals surface area contributed by atoms with Crippen LogP contribution >= 0.6 is 0 Å². The molecule has 1 aliphatic heterocycles. The van der Waals surface area contributed by atoms with Gasteiger partial charge in [-0.25, -0.2) is 14.9 Å². The Morgan fingerprint density at radius 2 is 1.97 bits per heavy atom. The van der Waals surface area contributed by atoms with Gasteiger partial charge in [0.05, 0.1) is 11.3 Å². The number of hydrogen-bond donors (Lipinski definition) is 4. The van der Waals surface area contributed by atoms with E-state index in [2.05, 4.69) is 15.1 Å². The number of unbranched alkanes of at least 4 members (excludes halogenated alkanes) is 3. The van der Waals surface area contributed by atoms with Crippen LogP contribution in [-0.2, 0) is 9.63 Å². The number of aromatic hydroxyl groups is 1. The second kappa shape index (κ2) is 9.61. The fraction of sp³-hybridized carbons (Fsp3) is 0.261. The van der Waals surface area contributed by atoms with Crippen LogP contribution in [0.15, 0.2) is 52.6 Å². The molecule has 2 aromatic carbocycles. The molecule has 0 saturated heterocycles. The first-order chi connectivity index (χ1) is 15.6. The van der Waals surface area contributed by atoms with Gasteiger partial charge in [0.15, 0.2) is 5.88 Å². The van der Waals surface area contributed by atoms with E-state index >= 15 is 0 Å². The number of nitrogens with one attached hydrogen (secondary N) is 2. The number of hydroxylamine groups is 1. The van der Waals surface area contributed by atoms with Crippen LogP contribution < -0.4 is 5.48 Å². The van der Waals surface area contributed by atoms with Crippen LogP contribution in [-0.4, -0.2) is 39.2 Å². The summed E-state index contributed by atoms with van der Waals surface area (Å²) >= 11 is 0. The first-order valence-corrected chi connectivity index (χ1v) is 10.4. The van der Waals surface area contributed by atoms with Gasteiger partial charge in [0, 0.05) is 22.9 Å². The normalized spacial score (nSPS) is 13.9. The zero-order chi connectivity index (χ0) is 22.5. The first kappa shape index (κ1) is 21.5. The minimum Gasteiger partial charge on any atom is -0.494 e. The number of nitrogens with zero attached hydrogens (tertiary/aromatic N) is 2. The molecule has 0 radical (unpaired) electrons. The van der Waals surface area contributed by atoms with Crippen molar-refractivity contribution < 1.29 is 24.3 Å². The summed E-state index contributed by atoms with van der Waals surface area (Å²) in [6.45, 7) is 0.375. The average Bonchev–Trinajstić information content (AvgIpc) is 3.31. The van der Waals surface area contributed by atoms with Crippen molar-refractivity contribution in [3.63, 3.8) is 0 Å². The lowest BCUT2D eigenvalue weighted by atomic mass is 10.0. The molecule has 0 atom stereocenters. The number of fused-ring (bicyclic) bond motifs is 2. The van der Waals surface area contributed by atoms with Crippen molar-refractivity contribution in [2.45, 2.75) is 32.1 Å². The zero-order valence-corrected chi connectivity index (χ0v) is 17.3. The second-order valence-corrected chi connectivity index (χ2v) is 7.49. The fourth-order valence-corrected chi connectivity index (χ4v) is 3.70. The van der Waals surface area contributed by atoms with Crippen molar-refractivity contribution in [2.75, 3.05) is 6.61 Å². The van der Waals surface area contributed by atoms with Crippen LogP contribution in [0.4, 0.5) is 10.1 Å². The molecule has 9 heteroatoms. The molecule has 4 rings (SSSR count). The van der Waals surface area contributed by atoms with E-state index in [0.717, 1.165) is 24.8 Å². The van der Waals surface area contributed by atoms with Crippen LogP contribution in [0.1, 0.15) is 43.2 Å². The van der Waals surface area contributed by atoms with E-state index < -0.39 is 5.82 Å². The Balaban J connectivity index is 1.49. The Bertz CT molecular complexity index is 1200. The van der Waals surface area contributed by atoms with Gasteiger partial charge in [-0.05, 0) is 43.5 Å². The second-order valence-electron chi connectivity index (χ2n) is 7.49. The summed E-state index contributed by atoms with van der Waals surface area (Å²) in [5, 5.41) is 23.8. The van der Waals surface area contributed by atoms with Crippen LogP contribution in [0, 0.1) is 5.82 Å². The summed E-state index contributed by atoms with van der Waals surface area (Å²) in [4.78, 5) is 24.0. The molecule has 0 bridgehead atoms. The van der Waals surface area contributed by atoms with Crippen molar-refractivity contribution in [3.8, 4) is 5.88 Å². The van der Waals surface area contributed by atoms with Crippen LogP contribution in [0.3, 0.4) is 0 Å². The highest BCUT2D eigenvalue weighted by atomic mass is 19.1.